The summed E-state index contributed by atoms with van der Waals surface area (Å²) in [6.07, 6.45) is 1.24. The molecule has 2 rings (SSSR count). The van der Waals surface area contributed by atoms with Crippen LogP contribution in [0.4, 0.5) is 8.78 Å². The Labute approximate surface area is 132 Å². The summed E-state index contributed by atoms with van der Waals surface area (Å²) in [6, 6.07) is 12.3. The highest BCUT2D eigenvalue weighted by Gasteiger charge is 2.18. The van der Waals surface area contributed by atoms with Gasteiger partial charge in [0.2, 0.25) is 0 Å². The van der Waals surface area contributed by atoms with E-state index in [1.165, 1.54) is 12.1 Å². The third kappa shape index (κ3) is 4.11. The number of rotatable bonds is 6. The first-order valence-corrected chi connectivity index (χ1v) is 7.83. The van der Waals surface area contributed by atoms with E-state index in [-0.39, 0.29) is 18.0 Å². The lowest BCUT2D eigenvalue weighted by Gasteiger charge is -2.20. The van der Waals surface area contributed by atoms with E-state index in [1.54, 1.807) is 0 Å². The van der Waals surface area contributed by atoms with Crippen molar-refractivity contribution in [1.82, 2.24) is 5.32 Å². The summed E-state index contributed by atoms with van der Waals surface area (Å²) >= 11 is 3.12. The van der Waals surface area contributed by atoms with Crippen molar-refractivity contribution in [2.24, 2.45) is 0 Å². The molecule has 0 radical (unpaired) electrons. The van der Waals surface area contributed by atoms with E-state index in [0.29, 0.717) is 4.47 Å². The van der Waals surface area contributed by atoms with Gasteiger partial charge in [0.25, 0.3) is 0 Å². The van der Waals surface area contributed by atoms with Crippen LogP contribution < -0.4 is 5.32 Å². The molecule has 112 valence electrons. The summed E-state index contributed by atoms with van der Waals surface area (Å²) in [5.41, 5.74) is 1.14. The van der Waals surface area contributed by atoms with Crippen LogP contribution in [0.25, 0.3) is 0 Å². The molecule has 2 aromatic rings. The molecule has 0 saturated heterocycles. The van der Waals surface area contributed by atoms with Crippen molar-refractivity contribution in [1.29, 1.82) is 0 Å². The maximum Gasteiger partial charge on any atom is 0.143 e. The monoisotopic (exact) mass is 353 g/mol. The number of benzene rings is 2. The van der Waals surface area contributed by atoms with Crippen LogP contribution in [0.1, 0.15) is 30.5 Å². The van der Waals surface area contributed by atoms with Gasteiger partial charge in [0.05, 0.1) is 4.47 Å². The molecule has 0 aliphatic heterocycles. The number of hydrogen-bond acceptors (Lipinski definition) is 1. The van der Waals surface area contributed by atoms with Crippen LogP contribution in [0.5, 0.6) is 0 Å². The SMILES string of the molecule is CCCNC(Cc1c(F)ccc(Br)c1F)c1ccccc1. The smallest absolute Gasteiger partial charge is 0.143 e. The van der Waals surface area contributed by atoms with Crippen LogP contribution in [0, 0.1) is 11.6 Å². The van der Waals surface area contributed by atoms with Gasteiger partial charge in [0.1, 0.15) is 11.6 Å². The van der Waals surface area contributed by atoms with E-state index in [0.717, 1.165) is 18.5 Å². The van der Waals surface area contributed by atoms with Gasteiger partial charge in [-0.1, -0.05) is 37.3 Å². The summed E-state index contributed by atoms with van der Waals surface area (Å²) in [5.74, 6) is -1.02. The second kappa shape index (κ2) is 7.66. The van der Waals surface area contributed by atoms with Crippen molar-refractivity contribution < 1.29 is 8.78 Å². The van der Waals surface area contributed by atoms with Gasteiger partial charge in [-0.2, -0.15) is 0 Å². The lowest BCUT2D eigenvalue weighted by atomic mass is 9.98. The Morgan fingerprint density at radius 2 is 1.81 bits per heavy atom. The fraction of sp³-hybridized carbons (Fsp3) is 0.294. The highest BCUT2D eigenvalue weighted by molar-refractivity contribution is 9.10. The molecule has 21 heavy (non-hydrogen) atoms. The number of nitrogens with one attached hydrogen (secondary N) is 1. The predicted octanol–water partition coefficient (Wildman–Crippen LogP) is 5.01. The molecule has 1 atom stereocenters. The predicted molar refractivity (Wildman–Crippen MR) is 85.2 cm³/mol. The van der Waals surface area contributed by atoms with E-state index >= 15 is 0 Å². The average Bonchev–Trinajstić information content (AvgIpc) is 2.51. The molecule has 0 heterocycles. The summed E-state index contributed by atoms with van der Waals surface area (Å²) in [7, 11) is 0. The second-order valence-electron chi connectivity index (χ2n) is 4.94. The molecular formula is C17H18BrF2N. The molecular weight excluding hydrogens is 336 g/mol. The standard InChI is InChI=1S/C17H18BrF2N/c1-2-10-21-16(12-6-4-3-5-7-12)11-13-15(19)9-8-14(18)17(13)20/h3-9,16,21H,2,10-11H2,1H3. The van der Waals surface area contributed by atoms with Gasteiger partial charge in [0, 0.05) is 11.6 Å². The molecule has 4 heteroatoms. The Morgan fingerprint density at radius 1 is 1.10 bits per heavy atom. The summed E-state index contributed by atoms with van der Waals surface area (Å²) in [5, 5.41) is 3.36. The third-order valence-electron chi connectivity index (χ3n) is 3.39. The average molecular weight is 354 g/mol. The Bertz CT molecular complexity index is 587. The van der Waals surface area contributed by atoms with Crippen LogP contribution in [0.15, 0.2) is 46.9 Å². The minimum Gasteiger partial charge on any atom is -0.310 e. The molecule has 0 aliphatic rings. The molecule has 2 aromatic carbocycles. The minimum atomic E-state index is -0.519. The largest absolute Gasteiger partial charge is 0.310 e. The van der Waals surface area contributed by atoms with Crippen LogP contribution in [0.2, 0.25) is 0 Å². The molecule has 1 N–H and O–H groups in total. The molecule has 0 spiro atoms. The van der Waals surface area contributed by atoms with Gasteiger partial charge in [-0.05, 0) is 53.0 Å². The van der Waals surface area contributed by atoms with E-state index in [9.17, 15) is 8.78 Å². The number of halogens is 3. The fourth-order valence-electron chi connectivity index (χ4n) is 2.27. The van der Waals surface area contributed by atoms with Crippen molar-refractivity contribution >= 4 is 15.9 Å². The minimum absolute atomic E-state index is 0.107. The lowest BCUT2D eigenvalue weighted by molar-refractivity contribution is 0.488. The van der Waals surface area contributed by atoms with E-state index in [1.807, 2.05) is 30.3 Å². The molecule has 0 amide bonds. The molecule has 0 aromatic heterocycles. The Balaban J connectivity index is 2.29. The first-order valence-electron chi connectivity index (χ1n) is 7.04. The van der Waals surface area contributed by atoms with Crippen LogP contribution >= 0.6 is 15.9 Å². The first-order chi connectivity index (χ1) is 10.1. The Hall–Kier alpha value is -1.26. The van der Waals surface area contributed by atoms with Crippen molar-refractivity contribution in [3.05, 3.63) is 69.7 Å². The quantitative estimate of drug-likeness (QED) is 0.719. The lowest BCUT2D eigenvalue weighted by Crippen LogP contribution is -2.25. The zero-order valence-electron chi connectivity index (χ0n) is 11.9. The van der Waals surface area contributed by atoms with E-state index < -0.39 is 11.6 Å². The third-order valence-corrected chi connectivity index (χ3v) is 4.00. The highest BCUT2D eigenvalue weighted by atomic mass is 79.9. The Kier molecular flexibility index (Phi) is 5.88. The van der Waals surface area contributed by atoms with Gasteiger partial charge in [-0.15, -0.1) is 0 Å². The maximum absolute atomic E-state index is 14.1. The number of hydrogen-bond donors (Lipinski definition) is 1. The molecule has 0 bridgehead atoms. The van der Waals surface area contributed by atoms with E-state index in [4.69, 9.17) is 0 Å². The molecule has 0 fully saturated rings. The van der Waals surface area contributed by atoms with Crippen molar-refractivity contribution in [3.8, 4) is 0 Å². The van der Waals surface area contributed by atoms with Gasteiger partial charge in [0.15, 0.2) is 0 Å². The molecule has 0 aliphatic carbocycles. The van der Waals surface area contributed by atoms with Crippen molar-refractivity contribution in [2.45, 2.75) is 25.8 Å². The topological polar surface area (TPSA) is 12.0 Å². The Morgan fingerprint density at radius 3 is 2.48 bits per heavy atom. The van der Waals surface area contributed by atoms with Crippen LogP contribution in [-0.4, -0.2) is 6.54 Å². The summed E-state index contributed by atoms with van der Waals surface area (Å²) < 4.78 is 28.4. The van der Waals surface area contributed by atoms with Crippen molar-refractivity contribution in [2.75, 3.05) is 6.54 Å². The molecule has 1 unspecified atom stereocenters. The van der Waals surface area contributed by atoms with Gasteiger partial charge in [-0.25, -0.2) is 8.78 Å². The molecule has 0 saturated carbocycles. The summed E-state index contributed by atoms with van der Waals surface area (Å²) in [6.45, 7) is 2.87. The fourth-order valence-corrected chi connectivity index (χ4v) is 2.64. The van der Waals surface area contributed by atoms with Gasteiger partial charge in [-0.3, -0.25) is 0 Å². The first kappa shape index (κ1) is 16.1. The highest BCUT2D eigenvalue weighted by Crippen LogP contribution is 2.26. The van der Waals surface area contributed by atoms with Crippen LogP contribution in [0.3, 0.4) is 0 Å². The zero-order chi connectivity index (χ0) is 15.2. The maximum atomic E-state index is 14.1. The van der Waals surface area contributed by atoms with Gasteiger partial charge < -0.3 is 5.32 Å². The second-order valence-corrected chi connectivity index (χ2v) is 5.80. The van der Waals surface area contributed by atoms with Gasteiger partial charge >= 0.3 is 0 Å². The van der Waals surface area contributed by atoms with Crippen molar-refractivity contribution in [3.63, 3.8) is 0 Å². The molecule has 1 nitrogen and oxygen atoms in total. The normalized spacial score (nSPS) is 12.4. The van der Waals surface area contributed by atoms with E-state index in [2.05, 4.69) is 28.2 Å². The zero-order valence-corrected chi connectivity index (χ0v) is 13.5. The van der Waals surface area contributed by atoms with Crippen LogP contribution in [-0.2, 0) is 6.42 Å². The summed E-state index contributed by atoms with van der Waals surface area (Å²) in [4.78, 5) is 0.